The Bertz CT molecular complexity index is 525. The van der Waals surface area contributed by atoms with Crippen LogP contribution in [0.4, 0.5) is 5.69 Å². The standard InChI is InChI=1S/C13H15N3O2S/c1-10(13-8-14-9-19-13)15-7-6-11-2-4-12(5-3-11)16(17)18/h2-5,8-10,15H,6-7H2,1H3. The first-order chi connectivity index (χ1) is 9.16. The summed E-state index contributed by atoms with van der Waals surface area (Å²) in [5.74, 6) is 0. The van der Waals surface area contributed by atoms with E-state index in [1.807, 2.05) is 11.7 Å². The molecule has 5 nitrogen and oxygen atoms in total. The Balaban J connectivity index is 1.81. The normalized spacial score (nSPS) is 12.3. The van der Waals surface area contributed by atoms with Crippen LogP contribution in [0.5, 0.6) is 0 Å². The summed E-state index contributed by atoms with van der Waals surface area (Å²) in [7, 11) is 0. The van der Waals surface area contributed by atoms with Crippen molar-refractivity contribution in [1.29, 1.82) is 0 Å². The van der Waals surface area contributed by atoms with Crippen molar-refractivity contribution in [3.63, 3.8) is 0 Å². The lowest BCUT2D eigenvalue weighted by atomic mass is 10.1. The van der Waals surface area contributed by atoms with Gasteiger partial charge in [-0.1, -0.05) is 12.1 Å². The molecule has 0 fully saturated rings. The maximum Gasteiger partial charge on any atom is 0.269 e. The van der Waals surface area contributed by atoms with Crippen molar-refractivity contribution < 1.29 is 4.92 Å². The molecule has 1 atom stereocenters. The smallest absolute Gasteiger partial charge is 0.269 e. The van der Waals surface area contributed by atoms with Gasteiger partial charge in [-0.05, 0) is 25.5 Å². The number of non-ortho nitro benzene ring substituents is 1. The fourth-order valence-corrected chi connectivity index (χ4v) is 2.41. The van der Waals surface area contributed by atoms with Crippen LogP contribution in [0.1, 0.15) is 23.4 Å². The van der Waals surface area contributed by atoms with Crippen LogP contribution in [0.25, 0.3) is 0 Å². The van der Waals surface area contributed by atoms with E-state index < -0.39 is 0 Å². The summed E-state index contributed by atoms with van der Waals surface area (Å²) in [4.78, 5) is 15.4. The highest BCUT2D eigenvalue weighted by Gasteiger charge is 2.07. The molecule has 0 saturated carbocycles. The second-order valence-electron chi connectivity index (χ2n) is 4.25. The summed E-state index contributed by atoms with van der Waals surface area (Å²) in [6.45, 7) is 2.93. The number of aromatic nitrogens is 1. The predicted octanol–water partition coefficient (Wildman–Crippen LogP) is 2.94. The Labute approximate surface area is 115 Å². The first-order valence-electron chi connectivity index (χ1n) is 6.02. The first-order valence-corrected chi connectivity index (χ1v) is 6.90. The van der Waals surface area contributed by atoms with Crippen molar-refractivity contribution in [2.45, 2.75) is 19.4 Å². The molecule has 19 heavy (non-hydrogen) atoms. The molecule has 2 rings (SSSR count). The molecule has 0 aliphatic heterocycles. The van der Waals surface area contributed by atoms with Crippen molar-refractivity contribution in [3.8, 4) is 0 Å². The Morgan fingerprint density at radius 1 is 1.42 bits per heavy atom. The minimum atomic E-state index is -0.381. The van der Waals surface area contributed by atoms with Gasteiger partial charge in [0, 0.05) is 29.2 Å². The van der Waals surface area contributed by atoms with Gasteiger partial charge in [0.15, 0.2) is 0 Å². The number of nitrogens with one attached hydrogen (secondary N) is 1. The van der Waals surface area contributed by atoms with E-state index >= 15 is 0 Å². The van der Waals surface area contributed by atoms with E-state index in [1.165, 1.54) is 4.88 Å². The maximum atomic E-state index is 10.5. The summed E-state index contributed by atoms with van der Waals surface area (Å²) in [5.41, 5.74) is 3.05. The lowest BCUT2D eigenvalue weighted by Crippen LogP contribution is -2.20. The van der Waals surface area contributed by atoms with Crippen LogP contribution >= 0.6 is 11.3 Å². The van der Waals surface area contributed by atoms with E-state index in [0.717, 1.165) is 18.5 Å². The number of hydrogen-bond acceptors (Lipinski definition) is 5. The highest BCUT2D eigenvalue weighted by Crippen LogP contribution is 2.16. The third kappa shape index (κ3) is 3.84. The van der Waals surface area contributed by atoms with E-state index in [2.05, 4.69) is 17.2 Å². The average molecular weight is 277 g/mol. The summed E-state index contributed by atoms with van der Waals surface area (Å²) >= 11 is 1.63. The van der Waals surface area contributed by atoms with Crippen molar-refractivity contribution in [2.24, 2.45) is 0 Å². The molecular weight excluding hydrogens is 262 g/mol. The van der Waals surface area contributed by atoms with Gasteiger partial charge in [0.2, 0.25) is 0 Å². The van der Waals surface area contributed by atoms with Crippen LogP contribution in [0.15, 0.2) is 36.0 Å². The molecule has 1 heterocycles. The van der Waals surface area contributed by atoms with E-state index in [9.17, 15) is 10.1 Å². The number of hydrogen-bond donors (Lipinski definition) is 1. The zero-order valence-electron chi connectivity index (χ0n) is 10.6. The zero-order valence-corrected chi connectivity index (χ0v) is 11.4. The minimum Gasteiger partial charge on any atom is -0.309 e. The van der Waals surface area contributed by atoms with E-state index in [1.54, 1.807) is 35.6 Å². The highest BCUT2D eigenvalue weighted by molar-refractivity contribution is 7.09. The molecule has 0 aliphatic carbocycles. The van der Waals surface area contributed by atoms with Crippen LogP contribution < -0.4 is 5.32 Å². The predicted molar refractivity (Wildman–Crippen MR) is 75.3 cm³/mol. The second kappa shape index (κ2) is 6.40. The summed E-state index contributed by atoms with van der Waals surface area (Å²) < 4.78 is 0. The Morgan fingerprint density at radius 3 is 2.74 bits per heavy atom. The van der Waals surface area contributed by atoms with Crippen LogP contribution in [0.3, 0.4) is 0 Å². The SMILES string of the molecule is CC(NCCc1ccc([N+](=O)[O-])cc1)c1cncs1. The summed E-state index contributed by atoms with van der Waals surface area (Å²) in [6.07, 6.45) is 2.72. The maximum absolute atomic E-state index is 10.5. The minimum absolute atomic E-state index is 0.134. The number of nitro groups is 1. The number of nitro benzene ring substituents is 1. The lowest BCUT2D eigenvalue weighted by molar-refractivity contribution is -0.384. The van der Waals surface area contributed by atoms with Gasteiger partial charge in [-0.25, -0.2) is 0 Å². The zero-order chi connectivity index (χ0) is 13.7. The molecule has 0 radical (unpaired) electrons. The van der Waals surface area contributed by atoms with Crippen LogP contribution in [-0.4, -0.2) is 16.5 Å². The average Bonchev–Trinajstić information content (AvgIpc) is 2.93. The first kappa shape index (κ1) is 13.6. The van der Waals surface area contributed by atoms with Gasteiger partial charge in [0.1, 0.15) is 0 Å². The van der Waals surface area contributed by atoms with Crippen molar-refractivity contribution in [2.75, 3.05) is 6.54 Å². The Hall–Kier alpha value is -1.79. The molecule has 1 unspecified atom stereocenters. The van der Waals surface area contributed by atoms with Crippen molar-refractivity contribution >= 4 is 17.0 Å². The number of benzene rings is 1. The van der Waals surface area contributed by atoms with Crippen LogP contribution in [0.2, 0.25) is 0 Å². The molecule has 6 heteroatoms. The van der Waals surface area contributed by atoms with Gasteiger partial charge in [-0.15, -0.1) is 11.3 Å². The number of nitrogens with zero attached hydrogens (tertiary/aromatic N) is 2. The largest absolute Gasteiger partial charge is 0.309 e. The molecule has 0 saturated heterocycles. The number of rotatable bonds is 6. The Morgan fingerprint density at radius 2 is 2.16 bits per heavy atom. The van der Waals surface area contributed by atoms with Gasteiger partial charge in [0.25, 0.3) is 5.69 Å². The highest BCUT2D eigenvalue weighted by atomic mass is 32.1. The van der Waals surface area contributed by atoms with Crippen LogP contribution in [-0.2, 0) is 6.42 Å². The van der Waals surface area contributed by atoms with Gasteiger partial charge >= 0.3 is 0 Å². The number of thiazole rings is 1. The monoisotopic (exact) mass is 277 g/mol. The van der Waals surface area contributed by atoms with Crippen LogP contribution in [0, 0.1) is 10.1 Å². The quantitative estimate of drug-likeness (QED) is 0.651. The molecule has 1 aromatic heterocycles. The molecule has 2 aromatic rings. The second-order valence-corrected chi connectivity index (χ2v) is 5.17. The molecule has 0 bridgehead atoms. The van der Waals surface area contributed by atoms with Gasteiger partial charge in [-0.3, -0.25) is 15.1 Å². The molecule has 1 aromatic carbocycles. The Kier molecular flexibility index (Phi) is 4.59. The van der Waals surface area contributed by atoms with E-state index in [0.29, 0.717) is 0 Å². The van der Waals surface area contributed by atoms with Gasteiger partial charge < -0.3 is 5.32 Å². The molecule has 0 aliphatic rings. The fourth-order valence-electron chi connectivity index (χ4n) is 1.76. The molecule has 100 valence electrons. The third-order valence-electron chi connectivity index (χ3n) is 2.89. The molecular formula is C13H15N3O2S. The van der Waals surface area contributed by atoms with E-state index in [4.69, 9.17) is 0 Å². The topological polar surface area (TPSA) is 68.1 Å². The van der Waals surface area contributed by atoms with Gasteiger partial charge in [-0.2, -0.15) is 0 Å². The van der Waals surface area contributed by atoms with Gasteiger partial charge in [0.05, 0.1) is 10.4 Å². The third-order valence-corrected chi connectivity index (χ3v) is 3.85. The van der Waals surface area contributed by atoms with E-state index in [-0.39, 0.29) is 16.7 Å². The molecule has 0 spiro atoms. The molecule has 1 N–H and O–H groups in total. The fraction of sp³-hybridized carbons (Fsp3) is 0.308. The molecule has 0 amide bonds. The lowest BCUT2D eigenvalue weighted by Gasteiger charge is -2.11. The summed E-state index contributed by atoms with van der Waals surface area (Å²) in [6, 6.07) is 6.98. The van der Waals surface area contributed by atoms with Crippen molar-refractivity contribution in [3.05, 3.63) is 56.5 Å². The van der Waals surface area contributed by atoms with Crippen molar-refractivity contribution in [1.82, 2.24) is 10.3 Å². The summed E-state index contributed by atoms with van der Waals surface area (Å²) in [5, 5.41) is 13.9.